The van der Waals surface area contributed by atoms with Crippen molar-refractivity contribution in [2.45, 2.75) is 24.7 Å². The number of sulfonamides is 1. The van der Waals surface area contributed by atoms with Crippen LogP contribution >= 0.6 is 11.3 Å². The molecule has 0 aliphatic carbocycles. The maximum Gasteiger partial charge on any atom is 0.271 e. The molecule has 0 radical (unpaired) electrons. The van der Waals surface area contributed by atoms with Crippen LogP contribution in [0, 0.1) is 19.7 Å². The predicted molar refractivity (Wildman–Crippen MR) is 76.9 cm³/mol. The zero-order chi connectivity index (χ0) is 14.9. The summed E-state index contributed by atoms with van der Waals surface area (Å²) < 4.78 is 40.0. The van der Waals surface area contributed by atoms with Crippen LogP contribution in [-0.2, 0) is 16.6 Å². The minimum absolute atomic E-state index is 0.128. The van der Waals surface area contributed by atoms with Crippen molar-refractivity contribution in [3.63, 3.8) is 0 Å². The first kappa shape index (κ1) is 15.0. The normalized spacial score (nSPS) is 11.6. The Labute approximate surface area is 120 Å². The molecule has 0 atom stereocenters. The van der Waals surface area contributed by atoms with E-state index in [0.717, 1.165) is 16.9 Å². The summed E-state index contributed by atoms with van der Waals surface area (Å²) in [6.45, 7) is 3.17. The minimum Gasteiger partial charge on any atom is -0.391 e. The number of rotatable bonds is 4. The number of aryl methyl sites for hydroxylation is 2. The van der Waals surface area contributed by atoms with Gasteiger partial charge in [0.25, 0.3) is 10.0 Å². The third-order valence-electron chi connectivity index (χ3n) is 2.84. The largest absolute Gasteiger partial charge is 0.391 e. The monoisotopic (exact) mass is 315 g/mol. The lowest BCUT2D eigenvalue weighted by Gasteiger charge is -2.09. The van der Waals surface area contributed by atoms with Crippen LogP contribution in [0.5, 0.6) is 0 Å². The van der Waals surface area contributed by atoms with Gasteiger partial charge in [-0.25, -0.2) is 12.8 Å². The molecule has 108 valence electrons. The Morgan fingerprint density at radius 2 is 1.95 bits per heavy atom. The topological polar surface area (TPSA) is 66.4 Å². The number of nitrogens with one attached hydrogen (secondary N) is 1. The van der Waals surface area contributed by atoms with Crippen molar-refractivity contribution in [1.82, 2.24) is 0 Å². The minimum atomic E-state index is -3.73. The van der Waals surface area contributed by atoms with E-state index in [-0.39, 0.29) is 10.8 Å². The van der Waals surface area contributed by atoms with Crippen LogP contribution in [0.15, 0.2) is 28.5 Å². The van der Waals surface area contributed by atoms with Gasteiger partial charge in [0.05, 0.1) is 12.3 Å². The number of halogens is 1. The summed E-state index contributed by atoms with van der Waals surface area (Å²) in [5.74, 6) is -0.417. The Balaban J connectivity index is 2.35. The van der Waals surface area contributed by atoms with E-state index >= 15 is 0 Å². The molecule has 0 saturated carbocycles. The van der Waals surface area contributed by atoms with Gasteiger partial charge in [0.1, 0.15) is 10.0 Å². The van der Waals surface area contributed by atoms with Gasteiger partial charge in [-0.1, -0.05) is 0 Å². The maximum atomic E-state index is 13.0. The SMILES string of the molecule is Cc1cc(F)ccc1NS(=O)(=O)c1cc(C)c(CO)s1. The smallest absolute Gasteiger partial charge is 0.271 e. The standard InChI is InChI=1S/C13H14FNO3S2/c1-8-5-10(14)3-4-11(8)15-20(17,18)13-6-9(2)12(7-16)19-13/h3-6,15-16H,7H2,1-2H3. The zero-order valence-corrected chi connectivity index (χ0v) is 12.6. The molecule has 0 aliphatic rings. The van der Waals surface area contributed by atoms with Gasteiger partial charge in [0.15, 0.2) is 0 Å². The fourth-order valence-electron chi connectivity index (χ4n) is 1.71. The van der Waals surface area contributed by atoms with E-state index in [1.165, 1.54) is 24.3 Å². The second-order valence-electron chi connectivity index (χ2n) is 4.39. The molecule has 4 nitrogen and oxygen atoms in total. The van der Waals surface area contributed by atoms with Gasteiger partial charge in [-0.2, -0.15) is 0 Å². The molecule has 0 spiro atoms. The number of aliphatic hydroxyl groups excluding tert-OH is 1. The lowest BCUT2D eigenvalue weighted by atomic mass is 10.2. The first-order valence-electron chi connectivity index (χ1n) is 5.82. The van der Waals surface area contributed by atoms with E-state index in [4.69, 9.17) is 5.11 Å². The van der Waals surface area contributed by atoms with Gasteiger partial charge >= 0.3 is 0 Å². The Hall–Kier alpha value is -1.44. The van der Waals surface area contributed by atoms with Crippen molar-refractivity contribution in [3.05, 3.63) is 46.1 Å². The van der Waals surface area contributed by atoms with Crippen LogP contribution in [-0.4, -0.2) is 13.5 Å². The molecular formula is C13H14FNO3S2. The van der Waals surface area contributed by atoms with E-state index in [2.05, 4.69) is 4.72 Å². The van der Waals surface area contributed by atoms with E-state index in [1.54, 1.807) is 13.8 Å². The molecule has 0 aliphatic heterocycles. The molecule has 0 bridgehead atoms. The summed E-state index contributed by atoms with van der Waals surface area (Å²) >= 11 is 1.02. The predicted octanol–water partition coefficient (Wildman–Crippen LogP) is 2.80. The fourth-order valence-corrected chi connectivity index (χ4v) is 4.29. The van der Waals surface area contributed by atoms with E-state index in [1.807, 2.05) is 0 Å². The van der Waals surface area contributed by atoms with Gasteiger partial charge in [-0.3, -0.25) is 4.72 Å². The van der Waals surface area contributed by atoms with Crippen molar-refractivity contribution in [2.24, 2.45) is 0 Å². The number of anilines is 1. The number of benzene rings is 1. The van der Waals surface area contributed by atoms with Gasteiger partial charge in [0.2, 0.25) is 0 Å². The summed E-state index contributed by atoms with van der Waals surface area (Å²) in [5, 5.41) is 9.12. The highest BCUT2D eigenvalue weighted by Gasteiger charge is 2.19. The molecule has 7 heteroatoms. The molecule has 1 aromatic carbocycles. The van der Waals surface area contributed by atoms with E-state index in [0.29, 0.717) is 16.1 Å². The second-order valence-corrected chi connectivity index (χ2v) is 7.44. The van der Waals surface area contributed by atoms with Gasteiger partial charge in [-0.05, 0) is 49.2 Å². The molecule has 2 aromatic rings. The molecule has 0 unspecified atom stereocenters. The summed E-state index contributed by atoms with van der Waals surface area (Å²) in [6.07, 6.45) is 0. The van der Waals surface area contributed by atoms with Gasteiger partial charge in [-0.15, -0.1) is 11.3 Å². The highest BCUT2D eigenvalue weighted by molar-refractivity contribution is 7.94. The van der Waals surface area contributed by atoms with Crippen LogP contribution in [0.1, 0.15) is 16.0 Å². The highest BCUT2D eigenvalue weighted by Crippen LogP contribution is 2.28. The van der Waals surface area contributed by atoms with Crippen molar-refractivity contribution in [1.29, 1.82) is 0 Å². The highest BCUT2D eigenvalue weighted by atomic mass is 32.2. The number of aliphatic hydroxyl groups is 1. The first-order chi connectivity index (χ1) is 9.33. The van der Waals surface area contributed by atoms with Crippen LogP contribution in [0.2, 0.25) is 0 Å². The fraction of sp³-hybridized carbons (Fsp3) is 0.231. The van der Waals surface area contributed by atoms with Crippen LogP contribution in [0.3, 0.4) is 0 Å². The molecule has 1 aromatic heterocycles. The Bertz CT molecular complexity index is 738. The molecule has 2 rings (SSSR count). The third-order valence-corrected chi connectivity index (χ3v) is 5.90. The van der Waals surface area contributed by atoms with Crippen molar-refractivity contribution in [3.8, 4) is 0 Å². The average molecular weight is 315 g/mol. The second kappa shape index (κ2) is 5.51. The Morgan fingerprint density at radius 1 is 1.25 bits per heavy atom. The summed E-state index contributed by atoms with van der Waals surface area (Å²) in [6, 6.07) is 5.35. The van der Waals surface area contributed by atoms with Gasteiger partial charge in [0, 0.05) is 4.88 Å². The van der Waals surface area contributed by atoms with Crippen LogP contribution in [0.25, 0.3) is 0 Å². The molecular weight excluding hydrogens is 301 g/mol. The Morgan fingerprint density at radius 3 is 2.50 bits per heavy atom. The van der Waals surface area contributed by atoms with Crippen molar-refractivity contribution >= 4 is 27.0 Å². The summed E-state index contributed by atoms with van der Waals surface area (Å²) in [4.78, 5) is 0.612. The van der Waals surface area contributed by atoms with Crippen LogP contribution < -0.4 is 4.72 Å². The zero-order valence-electron chi connectivity index (χ0n) is 11.0. The molecule has 0 amide bonds. The lowest BCUT2D eigenvalue weighted by Crippen LogP contribution is -2.12. The number of hydrogen-bond acceptors (Lipinski definition) is 4. The Kier molecular flexibility index (Phi) is 4.12. The van der Waals surface area contributed by atoms with Crippen molar-refractivity contribution in [2.75, 3.05) is 4.72 Å². The molecule has 2 N–H and O–H groups in total. The summed E-state index contributed by atoms with van der Waals surface area (Å²) in [5.41, 5.74) is 1.57. The number of thiophene rings is 1. The molecule has 0 saturated heterocycles. The molecule has 0 fully saturated rings. The van der Waals surface area contributed by atoms with E-state index in [9.17, 15) is 12.8 Å². The van der Waals surface area contributed by atoms with Crippen molar-refractivity contribution < 1.29 is 17.9 Å². The average Bonchev–Trinajstić information content (AvgIpc) is 2.75. The summed E-state index contributed by atoms with van der Waals surface area (Å²) in [7, 11) is -3.73. The number of hydrogen-bond donors (Lipinski definition) is 2. The lowest BCUT2D eigenvalue weighted by molar-refractivity contribution is 0.285. The quantitative estimate of drug-likeness (QED) is 0.912. The maximum absolute atomic E-state index is 13.0. The molecule has 20 heavy (non-hydrogen) atoms. The third kappa shape index (κ3) is 3.00. The van der Waals surface area contributed by atoms with E-state index < -0.39 is 15.8 Å². The first-order valence-corrected chi connectivity index (χ1v) is 8.12. The molecule has 1 heterocycles. The van der Waals surface area contributed by atoms with Gasteiger partial charge < -0.3 is 5.11 Å². The van der Waals surface area contributed by atoms with Crippen LogP contribution in [0.4, 0.5) is 10.1 Å².